The summed E-state index contributed by atoms with van der Waals surface area (Å²) in [6.45, 7) is 9.95. The average Bonchev–Trinajstić information content (AvgIpc) is 2.74. The van der Waals surface area contributed by atoms with Crippen LogP contribution >= 0.6 is 0 Å². The molecule has 0 spiro atoms. The summed E-state index contributed by atoms with van der Waals surface area (Å²) in [5, 5.41) is 3.11. The summed E-state index contributed by atoms with van der Waals surface area (Å²) >= 11 is 0. The monoisotopic (exact) mass is 398 g/mol. The van der Waals surface area contributed by atoms with Crippen LogP contribution in [0.25, 0.3) is 0 Å². The molecule has 158 valence electrons. The Balaban J connectivity index is 1.62. The molecule has 1 aliphatic heterocycles. The van der Waals surface area contributed by atoms with Gasteiger partial charge in [-0.3, -0.25) is 9.59 Å². The molecule has 0 saturated carbocycles. The normalized spacial score (nSPS) is 24.9. The van der Waals surface area contributed by atoms with Crippen LogP contribution < -0.4 is 5.32 Å². The molecule has 5 heteroatoms. The van der Waals surface area contributed by atoms with Crippen molar-refractivity contribution in [1.29, 1.82) is 0 Å². The number of rotatable bonds is 6. The molecular weight excluding hydrogens is 364 g/mol. The molecule has 5 nitrogen and oxygen atoms in total. The lowest BCUT2D eigenvalue weighted by Gasteiger charge is -2.38. The zero-order chi connectivity index (χ0) is 20.8. The second-order valence-electron chi connectivity index (χ2n) is 8.69. The Labute approximate surface area is 174 Å². The number of morpholine rings is 1. The van der Waals surface area contributed by atoms with Gasteiger partial charge < -0.3 is 15.0 Å². The molecule has 1 saturated heterocycles. The van der Waals surface area contributed by atoms with E-state index in [-0.39, 0.29) is 11.8 Å². The molecule has 1 N–H and O–H groups in total. The van der Waals surface area contributed by atoms with Crippen molar-refractivity contribution in [3.63, 3.8) is 0 Å². The molecule has 1 aromatic rings. The molecular formula is C24H34N2O3. The van der Waals surface area contributed by atoms with Crippen molar-refractivity contribution in [3.8, 4) is 0 Å². The van der Waals surface area contributed by atoms with Gasteiger partial charge in [0, 0.05) is 31.6 Å². The summed E-state index contributed by atoms with van der Waals surface area (Å²) in [4.78, 5) is 27.1. The summed E-state index contributed by atoms with van der Waals surface area (Å²) in [6, 6.07) is 9.35. The fraction of sp³-hybridized carbons (Fsp3) is 0.583. The molecule has 2 aliphatic rings. The van der Waals surface area contributed by atoms with Gasteiger partial charge in [0.1, 0.15) is 0 Å². The molecule has 0 radical (unpaired) electrons. The maximum Gasteiger partial charge on any atom is 0.251 e. The van der Waals surface area contributed by atoms with Crippen LogP contribution in [0, 0.1) is 23.7 Å². The van der Waals surface area contributed by atoms with E-state index < -0.39 is 0 Å². The van der Waals surface area contributed by atoms with Gasteiger partial charge in [-0.25, -0.2) is 0 Å². The number of carbonyl (C=O) groups excluding carboxylic acids is 2. The minimum atomic E-state index is -0.0243. The molecule has 1 heterocycles. The van der Waals surface area contributed by atoms with Crippen LogP contribution in [-0.4, -0.2) is 49.6 Å². The summed E-state index contributed by atoms with van der Waals surface area (Å²) < 4.78 is 5.36. The number of ether oxygens (including phenoxy) is 1. The molecule has 0 unspecified atom stereocenters. The smallest absolute Gasteiger partial charge is 0.251 e. The van der Waals surface area contributed by atoms with Gasteiger partial charge in [-0.1, -0.05) is 43.7 Å². The third-order valence-corrected chi connectivity index (χ3v) is 6.40. The van der Waals surface area contributed by atoms with Gasteiger partial charge in [0.05, 0.1) is 13.2 Å². The maximum absolute atomic E-state index is 12.7. The summed E-state index contributed by atoms with van der Waals surface area (Å²) in [5.74, 6) is 1.76. The van der Waals surface area contributed by atoms with Crippen LogP contribution in [0.15, 0.2) is 42.0 Å². The Morgan fingerprint density at radius 3 is 2.52 bits per heavy atom. The van der Waals surface area contributed by atoms with Crippen LogP contribution in [0.5, 0.6) is 0 Å². The summed E-state index contributed by atoms with van der Waals surface area (Å²) in [6.07, 6.45) is 3.88. The average molecular weight is 399 g/mol. The molecule has 3 atom stereocenters. The van der Waals surface area contributed by atoms with E-state index in [4.69, 9.17) is 4.74 Å². The largest absolute Gasteiger partial charge is 0.378 e. The highest BCUT2D eigenvalue weighted by molar-refractivity contribution is 5.94. The van der Waals surface area contributed by atoms with Gasteiger partial charge >= 0.3 is 0 Å². The van der Waals surface area contributed by atoms with Crippen LogP contribution in [0.3, 0.4) is 0 Å². The van der Waals surface area contributed by atoms with E-state index in [2.05, 4.69) is 32.2 Å². The Morgan fingerprint density at radius 1 is 1.17 bits per heavy atom. The summed E-state index contributed by atoms with van der Waals surface area (Å²) in [7, 11) is 0. The van der Waals surface area contributed by atoms with Crippen molar-refractivity contribution in [1.82, 2.24) is 10.2 Å². The highest BCUT2D eigenvalue weighted by atomic mass is 16.5. The van der Waals surface area contributed by atoms with Crippen molar-refractivity contribution in [3.05, 3.63) is 47.5 Å². The number of amides is 2. The molecule has 29 heavy (non-hydrogen) atoms. The Morgan fingerprint density at radius 2 is 1.86 bits per heavy atom. The molecule has 3 rings (SSSR count). The van der Waals surface area contributed by atoms with Crippen LogP contribution in [-0.2, 0) is 9.53 Å². The van der Waals surface area contributed by atoms with E-state index in [0.29, 0.717) is 68.5 Å². The topological polar surface area (TPSA) is 58.6 Å². The first-order valence-corrected chi connectivity index (χ1v) is 10.8. The Kier molecular flexibility index (Phi) is 7.48. The van der Waals surface area contributed by atoms with Crippen molar-refractivity contribution >= 4 is 11.8 Å². The van der Waals surface area contributed by atoms with Crippen molar-refractivity contribution in [2.24, 2.45) is 23.7 Å². The van der Waals surface area contributed by atoms with Crippen molar-refractivity contribution in [2.75, 3.05) is 32.8 Å². The first-order chi connectivity index (χ1) is 14.0. The minimum Gasteiger partial charge on any atom is -0.378 e. The standard InChI is InChI=1S/C24H34N2O3/c1-17(2)22-14-20(15-23(27)26-9-11-29-12-10-26)18(3)13-21(22)16-25-24(28)19-7-5-4-6-8-19/h4-8,13,17,20-22H,9-12,14-16H2,1-3H3,(H,25,28)/t20-,21-,22-/m0/s1. The van der Waals surface area contributed by atoms with E-state index in [1.807, 2.05) is 35.2 Å². The number of hydrogen-bond acceptors (Lipinski definition) is 3. The first-order valence-electron chi connectivity index (χ1n) is 10.8. The third-order valence-electron chi connectivity index (χ3n) is 6.40. The number of nitrogens with one attached hydrogen (secondary N) is 1. The highest BCUT2D eigenvalue weighted by Gasteiger charge is 2.33. The zero-order valence-electron chi connectivity index (χ0n) is 17.9. The molecule has 1 aromatic carbocycles. The second kappa shape index (κ2) is 10.1. The third kappa shape index (κ3) is 5.69. The zero-order valence-corrected chi connectivity index (χ0v) is 17.9. The maximum atomic E-state index is 12.7. The predicted octanol–water partition coefficient (Wildman–Crippen LogP) is 3.52. The molecule has 2 amide bonds. The molecule has 1 fully saturated rings. The van der Waals surface area contributed by atoms with Crippen molar-refractivity contribution in [2.45, 2.75) is 33.6 Å². The summed E-state index contributed by atoms with van der Waals surface area (Å²) in [5.41, 5.74) is 1.97. The first kappa shape index (κ1) is 21.6. The highest BCUT2D eigenvalue weighted by Crippen LogP contribution is 2.39. The van der Waals surface area contributed by atoms with E-state index in [1.165, 1.54) is 5.57 Å². The SMILES string of the molecule is CC1=C[C@@H](CNC(=O)c2ccccc2)[C@H](C(C)C)C[C@H]1CC(=O)N1CCOCC1. The number of allylic oxidation sites excluding steroid dienone is 1. The Hall–Kier alpha value is -2.14. The molecule has 1 aliphatic carbocycles. The van der Waals surface area contributed by atoms with Gasteiger partial charge in [0.25, 0.3) is 5.91 Å². The Bertz CT molecular complexity index is 723. The van der Waals surface area contributed by atoms with E-state index in [0.717, 1.165) is 6.42 Å². The van der Waals surface area contributed by atoms with Gasteiger partial charge in [0.15, 0.2) is 0 Å². The lowest BCUT2D eigenvalue weighted by atomic mass is 9.69. The lowest BCUT2D eigenvalue weighted by molar-refractivity contribution is -0.136. The fourth-order valence-corrected chi connectivity index (χ4v) is 4.56. The van der Waals surface area contributed by atoms with Gasteiger partial charge in [0.2, 0.25) is 5.91 Å². The molecule has 0 bridgehead atoms. The van der Waals surface area contributed by atoms with E-state index >= 15 is 0 Å². The van der Waals surface area contributed by atoms with Crippen molar-refractivity contribution < 1.29 is 14.3 Å². The number of nitrogens with zero attached hydrogens (tertiary/aromatic N) is 1. The van der Waals surface area contributed by atoms with Crippen LogP contribution in [0.1, 0.15) is 44.0 Å². The van der Waals surface area contributed by atoms with Crippen LogP contribution in [0.2, 0.25) is 0 Å². The number of carbonyl (C=O) groups is 2. The molecule has 0 aromatic heterocycles. The second-order valence-corrected chi connectivity index (χ2v) is 8.69. The quantitative estimate of drug-likeness (QED) is 0.746. The minimum absolute atomic E-state index is 0.0243. The van der Waals surface area contributed by atoms with E-state index in [1.54, 1.807) is 0 Å². The van der Waals surface area contributed by atoms with Gasteiger partial charge in [-0.05, 0) is 49.1 Å². The number of hydrogen-bond donors (Lipinski definition) is 1. The predicted molar refractivity (Wildman–Crippen MR) is 114 cm³/mol. The van der Waals surface area contributed by atoms with Crippen LogP contribution in [0.4, 0.5) is 0 Å². The lowest BCUT2D eigenvalue weighted by Crippen LogP contribution is -2.42. The van der Waals surface area contributed by atoms with Gasteiger partial charge in [-0.15, -0.1) is 0 Å². The number of benzene rings is 1. The van der Waals surface area contributed by atoms with E-state index in [9.17, 15) is 9.59 Å². The van der Waals surface area contributed by atoms with Gasteiger partial charge in [-0.2, -0.15) is 0 Å². The fourth-order valence-electron chi connectivity index (χ4n) is 4.56.